The standard InChI is InChI=1S/C53H41N5/c1-34-31-44(35(2)30-43(34)38-26-28-49-45(32-38)41-22-12-14-24-47(41)55(49)40-20-10-5-11-21-40)39-27-29-50-46(33-39)42-23-13-15-25-48(42)56(50)53-57-51(36-16-6-3-7-17-36)54-52(58(53)57)37-18-8-4-9-19-37/h3-33,51-54H,1-2H3. The van der Waals surface area contributed by atoms with E-state index in [1.54, 1.807) is 0 Å². The number of rotatable bonds is 6. The van der Waals surface area contributed by atoms with Crippen molar-refractivity contribution >= 4 is 43.6 Å². The van der Waals surface area contributed by atoms with E-state index in [0.717, 1.165) is 0 Å². The van der Waals surface area contributed by atoms with Crippen molar-refractivity contribution in [2.45, 2.75) is 32.5 Å². The maximum atomic E-state index is 3.93. The highest BCUT2D eigenvalue weighted by atomic mass is 16.0. The van der Waals surface area contributed by atoms with E-state index in [-0.39, 0.29) is 18.6 Å². The van der Waals surface area contributed by atoms with E-state index >= 15 is 0 Å². The van der Waals surface area contributed by atoms with Gasteiger partial charge < -0.3 is 9.13 Å². The lowest BCUT2D eigenvalue weighted by atomic mass is 9.91. The van der Waals surface area contributed by atoms with Crippen LogP contribution in [0.5, 0.6) is 0 Å². The second-order valence-electron chi connectivity index (χ2n) is 15.9. The second kappa shape index (κ2) is 12.9. The van der Waals surface area contributed by atoms with Crippen molar-refractivity contribution in [2.24, 2.45) is 0 Å². The first kappa shape index (κ1) is 33.4. The van der Waals surface area contributed by atoms with Gasteiger partial charge in [0.05, 0.1) is 22.1 Å². The van der Waals surface area contributed by atoms with Crippen LogP contribution in [0.4, 0.5) is 0 Å². The van der Waals surface area contributed by atoms with Crippen molar-refractivity contribution < 1.29 is 0 Å². The van der Waals surface area contributed by atoms with Crippen molar-refractivity contribution in [2.75, 3.05) is 0 Å². The molecule has 1 N–H and O–H groups in total. The second-order valence-corrected chi connectivity index (χ2v) is 15.9. The Kier molecular flexibility index (Phi) is 7.42. The van der Waals surface area contributed by atoms with Crippen LogP contribution in [0.25, 0.3) is 71.6 Å². The van der Waals surface area contributed by atoms with Crippen molar-refractivity contribution in [3.05, 3.63) is 210 Å². The molecule has 0 bridgehead atoms. The summed E-state index contributed by atoms with van der Waals surface area (Å²) in [5.74, 6) is 0. The normalized spacial score (nSPS) is 20.0. The molecule has 278 valence electrons. The number of hydrazine groups is 1. The number of nitrogens with one attached hydrogen (secondary N) is 1. The molecule has 5 heteroatoms. The van der Waals surface area contributed by atoms with Crippen LogP contribution in [0.2, 0.25) is 0 Å². The number of aromatic nitrogens is 2. The molecule has 5 nitrogen and oxygen atoms in total. The molecule has 4 unspecified atom stereocenters. The summed E-state index contributed by atoms with van der Waals surface area (Å²) in [5.41, 5.74) is 16.2. The molecular formula is C53H41N5. The molecule has 12 rings (SSSR count). The summed E-state index contributed by atoms with van der Waals surface area (Å²) in [5, 5.41) is 14.1. The number of hydrogen-bond donors (Lipinski definition) is 1. The van der Waals surface area contributed by atoms with Crippen LogP contribution >= 0.6 is 0 Å². The summed E-state index contributed by atoms with van der Waals surface area (Å²) < 4.78 is 4.93. The fourth-order valence-electron chi connectivity index (χ4n) is 9.88. The van der Waals surface area contributed by atoms with Crippen molar-refractivity contribution in [3.63, 3.8) is 0 Å². The highest BCUT2D eigenvalue weighted by Crippen LogP contribution is 2.56. The fraction of sp³-hybridized carbons (Fsp3) is 0.0943. The molecule has 2 aromatic heterocycles. The minimum Gasteiger partial charge on any atom is -0.309 e. The van der Waals surface area contributed by atoms with Gasteiger partial charge in [-0.25, -0.2) is 0 Å². The molecule has 4 atom stereocenters. The first-order valence-corrected chi connectivity index (χ1v) is 20.3. The molecule has 0 spiro atoms. The highest BCUT2D eigenvalue weighted by molar-refractivity contribution is 6.11. The number of para-hydroxylation sites is 3. The van der Waals surface area contributed by atoms with Gasteiger partial charge in [0.15, 0.2) is 6.29 Å². The van der Waals surface area contributed by atoms with Gasteiger partial charge in [0, 0.05) is 27.2 Å². The molecule has 0 amide bonds. The third kappa shape index (κ3) is 5.01. The Hall–Kier alpha value is -6.76. The Morgan fingerprint density at radius 3 is 1.41 bits per heavy atom. The molecule has 4 heterocycles. The smallest absolute Gasteiger partial charge is 0.173 e. The SMILES string of the molecule is Cc1cc(-c2ccc3c(c2)c2ccccc2n3C2N3C(c4ccccc4)NC(c4ccccc4)N23)c(C)cc1-c1ccc2c(c1)c1ccccc1n2-c1ccccc1. The zero-order chi connectivity index (χ0) is 38.5. The van der Waals surface area contributed by atoms with Gasteiger partial charge in [0.25, 0.3) is 0 Å². The largest absolute Gasteiger partial charge is 0.309 e. The molecule has 2 aliphatic rings. The lowest BCUT2D eigenvalue weighted by molar-refractivity contribution is 0.314. The number of aryl methyl sites for hydroxylation is 2. The van der Waals surface area contributed by atoms with E-state index in [2.05, 4.69) is 226 Å². The monoisotopic (exact) mass is 747 g/mol. The number of hydrogen-bond acceptors (Lipinski definition) is 3. The summed E-state index contributed by atoms with van der Waals surface area (Å²) >= 11 is 0. The fourth-order valence-corrected chi connectivity index (χ4v) is 9.88. The molecule has 10 aromatic rings. The lowest BCUT2D eigenvalue weighted by Gasteiger charge is -2.22. The predicted octanol–water partition coefficient (Wildman–Crippen LogP) is 12.8. The van der Waals surface area contributed by atoms with Crippen LogP contribution in [-0.2, 0) is 0 Å². The zero-order valence-corrected chi connectivity index (χ0v) is 32.4. The minimum absolute atomic E-state index is 0.0687. The van der Waals surface area contributed by atoms with Crippen LogP contribution in [0.15, 0.2) is 188 Å². The Morgan fingerprint density at radius 1 is 0.397 bits per heavy atom. The third-order valence-electron chi connectivity index (χ3n) is 12.6. The van der Waals surface area contributed by atoms with Crippen LogP contribution in [-0.4, -0.2) is 19.2 Å². The molecule has 0 saturated carbocycles. The average molecular weight is 748 g/mol. The van der Waals surface area contributed by atoms with Gasteiger partial charge in [-0.2, -0.15) is 10.0 Å². The first-order chi connectivity index (χ1) is 28.6. The quantitative estimate of drug-likeness (QED) is 0.172. The topological polar surface area (TPSA) is 27.9 Å². The van der Waals surface area contributed by atoms with E-state index in [1.807, 2.05) is 0 Å². The number of benzene rings is 8. The molecule has 2 saturated heterocycles. The maximum absolute atomic E-state index is 3.93. The Morgan fingerprint density at radius 2 is 0.828 bits per heavy atom. The average Bonchev–Trinajstić information content (AvgIpc) is 3.54. The Balaban J connectivity index is 0.943. The van der Waals surface area contributed by atoms with Gasteiger partial charge in [0.1, 0.15) is 12.3 Å². The first-order valence-electron chi connectivity index (χ1n) is 20.3. The van der Waals surface area contributed by atoms with Gasteiger partial charge >= 0.3 is 0 Å². The van der Waals surface area contributed by atoms with Crippen LogP contribution in [0.1, 0.15) is 40.9 Å². The van der Waals surface area contributed by atoms with E-state index in [4.69, 9.17) is 0 Å². The Bertz CT molecular complexity index is 3150. The van der Waals surface area contributed by atoms with E-state index in [0.29, 0.717) is 0 Å². The van der Waals surface area contributed by atoms with Gasteiger partial charge in [-0.05, 0) is 107 Å². The van der Waals surface area contributed by atoms with Crippen molar-refractivity contribution in [1.29, 1.82) is 0 Å². The minimum atomic E-state index is 0.0687. The summed E-state index contributed by atoms with van der Waals surface area (Å²) in [7, 11) is 0. The Labute approximate surface area is 337 Å². The molecule has 58 heavy (non-hydrogen) atoms. The summed E-state index contributed by atoms with van der Waals surface area (Å²) in [6, 6.07) is 68.9. The maximum Gasteiger partial charge on any atom is 0.173 e. The molecule has 2 fully saturated rings. The van der Waals surface area contributed by atoms with Crippen LogP contribution in [0.3, 0.4) is 0 Å². The van der Waals surface area contributed by atoms with Crippen LogP contribution in [0, 0.1) is 13.8 Å². The van der Waals surface area contributed by atoms with E-state index < -0.39 is 0 Å². The zero-order valence-electron chi connectivity index (χ0n) is 32.4. The summed E-state index contributed by atoms with van der Waals surface area (Å²) in [6.07, 6.45) is 0.214. The molecule has 0 radical (unpaired) electrons. The molecule has 8 aromatic carbocycles. The summed E-state index contributed by atoms with van der Waals surface area (Å²) in [6.45, 7) is 4.52. The molecular weight excluding hydrogens is 707 g/mol. The molecule has 0 aliphatic carbocycles. The van der Waals surface area contributed by atoms with Gasteiger partial charge in [-0.3, -0.25) is 5.32 Å². The lowest BCUT2D eigenvalue weighted by Crippen LogP contribution is -2.28. The van der Waals surface area contributed by atoms with E-state index in [1.165, 1.54) is 93.8 Å². The number of nitrogens with zero attached hydrogens (tertiary/aromatic N) is 4. The predicted molar refractivity (Wildman–Crippen MR) is 238 cm³/mol. The van der Waals surface area contributed by atoms with Crippen molar-refractivity contribution in [1.82, 2.24) is 24.5 Å². The van der Waals surface area contributed by atoms with Crippen LogP contribution < -0.4 is 5.32 Å². The van der Waals surface area contributed by atoms with Gasteiger partial charge in [0.2, 0.25) is 0 Å². The van der Waals surface area contributed by atoms with E-state index in [9.17, 15) is 0 Å². The molecule has 2 aliphatic heterocycles. The number of fused-ring (bicyclic) bond motifs is 7. The highest BCUT2D eigenvalue weighted by Gasteiger charge is 2.61. The third-order valence-corrected chi connectivity index (χ3v) is 12.6. The van der Waals surface area contributed by atoms with Gasteiger partial charge in [-0.15, -0.1) is 0 Å². The van der Waals surface area contributed by atoms with Gasteiger partial charge in [-0.1, -0.05) is 140 Å². The van der Waals surface area contributed by atoms with Crippen molar-refractivity contribution in [3.8, 4) is 27.9 Å². The summed E-state index contributed by atoms with van der Waals surface area (Å²) in [4.78, 5) is 0.